The Morgan fingerprint density at radius 2 is 1.78 bits per heavy atom. The molecule has 1 N–H and O–H groups in total. The van der Waals surface area contributed by atoms with Crippen LogP contribution in [0, 0.1) is 12.8 Å². The first-order valence-corrected chi connectivity index (χ1v) is 12.5. The second kappa shape index (κ2) is 9.57. The van der Waals surface area contributed by atoms with Crippen molar-refractivity contribution in [3.8, 4) is 11.5 Å². The molecule has 0 spiro atoms. The van der Waals surface area contributed by atoms with Crippen molar-refractivity contribution in [3.63, 3.8) is 0 Å². The standard InChI is InChI=1S/C29H34N6O/c1-20(2)18-30-29(36)34-19-25-21(3)31-35(24-10-7-6-8-11-24)28(25)33-17-9-12-26(33)27(34)22-13-15-23(16-14-22)32(4)5/h6-17,20,27H,18-19H2,1-5H3,(H,30,36)/t27-/m0/s1. The smallest absolute Gasteiger partial charge is 0.318 e. The van der Waals surface area contributed by atoms with E-state index in [-0.39, 0.29) is 12.1 Å². The van der Waals surface area contributed by atoms with Crippen molar-refractivity contribution in [2.75, 3.05) is 25.5 Å². The molecule has 1 aliphatic heterocycles. The Hall–Kier alpha value is -4.00. The number of nitrogens with one attached hydrogen (secondary N) is 1. The molecule has 0 bridgehead atoms. The first kappa shape index (κ1) is 23.7. The SMILES string of the molecule is Cc1nn(-c2ccccc2)c2c1CN(C(=O)NCC(C)C)[C@@H](c1ccc(N(C)C)cc1)c1cccn1-2. The molecule has 36 heavy (non-hydrogen) atoms. The predicted octanol–water partition coefficient (Wildman–Crippen LogP) is 5.31. The third-order valence-electron chi connectivity index (χ3n) is 6.73. The Kier molecular flexibility index (Phi) is 6.31. The summed E-state index contributed by atoms with van der Waals surface area (Å²) in [6, 6.07) is 22.5. The van der Waals surface area contributed by atoms with Gasteiger partial charge in [0.15, 0.2) is 0 Å². The number of urea groups is 1. The van der Waals surface area contributed by atoms with Gasteiger partial charge in [-0.1, -0.05) is 44.2 Å². The van der Waals surface area contributed by atoms with Crippen LogP contribution in [0.1, 0.15) is 42.4 Å². The van der Waals surface area contributed by atoms with Crippen LogP contribution in [0.2, 0.25) is 0 Å². The molecule has 1 atom stereocenters. The van der Waals surface area contributed by atoms with Crippen LogP contribution in [-0.4, -0.2) is 45.9 Å². The van der Waals surface area contributed by atoms with Gasteiger partial charge in [-0.2, -0.15) is 5.10 Å². The number of aromatic nitrogens is 3. The average Bonchev–Trinajstić information content (AvgIpc) is 3.43. The average molecular weight is 483 g/mol. The van der Waals surface area contributed by atoms with E-state index in [1.165, 1.54) is 0 Å². The van der Waals surface area contributed by atoms with Gasteiger partial charge < -0.3 is 19.7 Å². The van der Waals surface area contributed by atoms with Crippen molar-refractivity contribution in [1.29, 1.82) is 0 Å². The van der Waals surface area contributed by atoms with Crippen molar-refractivity contribution >= 4 is 11.7 Å². The number of aryl methyl sites for hydroxylation is 1. The molecule has 0 saturated carbocycles. The van der Waals surface area contributed by atoms with E-state index in [9.17, 15) is 4.79 Å². The minimum Gasteiger partial charge on any atom is -0.378 e. The highest BCUT2D eigenvalue weighted by Gasteiger charge is 2.35. The van der Waals surface area contributed by atoms with Gasteiger partial charge >= 0.3 is 6.03 Å². The van der Waals surface area contributed by atoms with Crippen LogP contribution in [0.25, 0.3) is 11.5 Å². The summed E-state index contributed by atoms with van der Waals surface area (Å²) < 4.78 is 4.19. The monoisotopic (exact) mass is 482 g/mol. The molecule has 2 aromatic heterocycles. The predicted molar refractivity (Wildman–Crippen MR) is 144 cm³/mol. The summed E-state index contributed by atoms with van der Waals surface area (Å²) in [7, 11) is 4.07. The van der Waals surface area contributed by atoms with Gasteiger partial charge in [-0.25, -0.2) is 9.48 Å². The lowest BCUT2D eigenvalue weighted by Crippen LogP contribution is -2.43. The second-order valence-corrected chi connectivity index (χ2v) is 10.0. The summed E-state index contributed by atoms with van der Waals surface area (Å²) in [5.74, 6) is 1.34. The molecule has 0 unspecified atom stereocenters. The highest BCUT2D eigenvalue weighted by atomic mass is 16.2. The van der Waals surface area contributed by atoms with Crippen LogP contribution in [0.5, 0.6) is 0 Å². The summed E-state index contributed by atoms with van der Waals surface area (Å²) in [5, 5.41) is 8.07. The molecule has 0 aliphatic carbocycles. The molecule has 3 heterocycles. The number of hydrogen-bond donors (Lipinski definition) is 1. The van der Waals surface area contributed by atoms with Crippen molar-refractivity contribution in [2.45, 2.75) is 33.4 Å². The summed E-state index contributed by atoms with van der Waals surface area (Å²) in [4.78, 5) is 17.8. The topological polar surface area (TPSA) is 58.3 Å². The van der Waals surface area contributed by atoms with E-state index in [4.69, 9.17) is 5.10 Å². The van der Waals surface area contributed by atoms with Crippen molar-refractivity contribution < 1.29 is 4.79 Å². The van der Waals surface area contributed by atoms with Crippen LogP contribution in [0.4, 0.5) is 10.5 Å². The van der Waals surface area contributed by atoms with Crippen molar-refractivity contribution in [3.05, 3.63) is 95.4 Å². The molecule has 1 aliphatic rings. The fourth-order valence-corrected chi connectivity index (χ4v) is 4.85. The third-order valence-corrected chi connectivity index (χ3v) is 6.73. The van der Waals surface area contributed by atoms with Gasteiger partial charge in [-0.05, 0) is 54.8 Å². The zero-order valence-corrected chi connectivity index (χ0v) is 21.6. The van der Waals surface area contributed by atoms with Gasteiger partial charge in [-0.3, -0.25) is 0 Å². The number of para-hydroxylation sites is 1. The fourth-order valence-electron chi connectivity index (χ4n) is 4.85. The quantitative estimate of drug-likeness (QED) is 0.420. The number of rotatable bonds is 5. The minimum absolute atomic E-state index is 0.0714. The molecule has 4 aromatic rings. The van der Waals surface area contributed by atoms with E-state index in [1.807, 2.05) is 54.9 Å². The largest absolute Gasteiger partial charge is 0.378 e. The number of carbonyl (C=O) groups is 1. The molecule has 5 rings (SSSR count). The summed E-state index contributed by atoms with van der Waals surface area (Å²) >= 11 is 0. The van der Waals surface area contributed by atoms with Crippen molar-refractivity contribution in [1.82, 2.24) is 24.6 Å². The van der Waals surface area contributed by atoms with Crippen LogP contribution in [0.3, 0.4) is 0 Å². The lowest BCUT2D eigenvalue weighted by molar-refractivity contribution is 0.179. The molecule has 2 aromatic carbocycles. The van der Waals surface area contributed by atoms with Crippen LogP contribution < -0.4 is 10.2 Å². The van der Waals surface area contributed by atoms with Gasteiger partial charge in [0.1, 0.15) is 5.82 Å². The Balaban J connectivity index is 1.69. The molecular weight excluding hydrogens is 448 g/mol. The fraction of sp³-hybridized carbons (Fsp3) is 0.310. The third kappa shape index (κ3) is 4.26. The van der Waals surface area contributed by atoms with Crippen LogP contribution >= 0.6 is 0 Å². The van der Waals surface area contributed by atoms with Crippen LogP contribution in [0.15, 0.2) is 72.9 Å². The Labute approximate surface area is 213 Å². The number of benzene rings is 2. The molecular formula is C29H34N6O. The normalized spacial score (nSPS) is 14.8. The number of amides is 2. The first-order valence-electron chi connectivity index (χ1n) is 12.5. The van der Waals surface area contributed by atoms with Gasteiger partial charge in [-0.15, -0.1) is 0 Å². The number of nitrogens with zero attached hydrogens (tertiary/aromatic N) is 5. The van der Waals surface area contributed by atoms with Gasteiger partial charge in [0.2, 0.25) is 0 Å². The lowest BCUT2D eigenvalue weighted by Gasteiger charge is -2.31. The molecule has 0 saturated heterocycles. The van der Waals surface area contributed by atoms with E-state index in [0.29, 0.717) is 19.0 Å². The van der Waals surface area contributed by atoms with E-state index in [0.717, 1.165) is 39.7 Å². The Bertz CT molecular complexity index is 1350. The maximum absolute atomic E-state index is 13.7. The summed E-state index contributed by atoms with van der Waals surface area (Å²) in [5.41, 5.74) is 6.18. The summed E-state index contributed by atoms with van der Waals surface area (Å²) in [6.07, 6.45) is 2.07. The van der Waals surface area contributed by atoms with Crippen molar-refractivity contribution in [2.24, 2.45) is 5.92 Å². The number of fused-ring (bicyclic) bond motifs is 3. The van der Waals surface area contributed by atoms with Gasteiger partial charge in [0.25, 0.3) is 0 Å². The van der Waals surface area contributed by atoms with E-state index < -0.39 is 0 Å². The molecule has 7 heteroatoms. The second-order valence-electron chi connectivity index (χ2n) is 10.0. The Morgan fingerprint density at radius 1 is 1.06 bits per heavy atom. The molecule has 2 amide bonds. The highest BCUT2D eigenvalue weighted by Crippen LogP contribution is 2.38. The van der Waals surface area contributed by atoms with Gasteiger partial charge in [0, 0.05) is 38.1 Å². The highest BCUT2D eigenvalue weighted by molar-refractivity contribution is 5.76. The lowest BCUT2D eigenvalue weighted by atomic mass is 10.0. The van der Waals surface area contributed by atoms with Gasteiger partial charge in [0.05, 0.1) is 29.7 Å². The zero-order chi connectivity index (χ0) is 25.4. The molecule has 0 fully saturated rings. The maximum atomic E-state index is 13.7. The van der Waals surface area contributed by atoms with E-state index >= 15 is 0 Å². The summed E-state index contributed by atoms with van der Waals surface area (Å²) in [6.45, 7) is 7.32. The first-order chi connectivity index (χ1) is 17.3. The van der Waals surface area contributed by atoms with Crippen LogP contribution in [-0.2, 0) is 6.54 Å². The van der Waals surface area contributed by atoms with E-state index in [1.54, 1.807) is 0 Å². The molecule has 0 radical (unpaired) electrons. The minimum atomic E-state index is -0.251. The zero-order valence-electron chi connectivity index (χ0n) is 21.6. The number of anilines is 1. The van der Waals surface area contributed by atoms with E-state index in [2.05, 4.69) is 77.3 Å². The maximum Gasteiger partial charge on any atom is 0.318 e. The number of carbonyl (C=O) groups excluding carboxylic acids is 1. The molecule has 186 valence electrons. The molecule has 7 nitrogen and oxygen atoms in total. The number of hydrogen-bond acceptors (Lipinski definition) is 3. The Morgan fingerprint density at radius 3 is 2.44 bits per heavy atom.